The second-order valence-corrected chi connectivity index (χ2v) is 7.05. The average molecular weight is 410 g/mol. The molecule has 1 aromatic heterocycles. The fourth-order valence-corrected chi connectivity index (χ4v) is 3.66. The van der Waals surface area contributed by atoms with E-state index in [0.29, 0.717) is 35.7 Å². The molecule has 0 saturated carbocycles. The Morgan fingerprint density at radius 2 is 1.89 bits per heavy atom. The molecule has 2 aromatic carbocycles. The zero-order valence-corrected chi connectivity index (χ0v) is 15.4. The van der Waals surface area contributed by atoms with Crippen LogP contribution < -0.4 is 5.32 Å². The van der Waals surface area contributed by atoms with Crippen molar-refractivity contribution in [2.75, 3.05) is 11.9 Å². The molecule has 4 rings (SSSR count). The van der Waals surface area contributed by atoms with Gasteiger partial charge in [-0.15, -0.1) is 0 Å². The number of benzene rings is 2. The van der Waals surface area contributed by atoms with Crippen molar-refractivity contribution in [2.45, 2.75) is 25.4 Å². The summed E-state index contributed by atoms with van der Waals surface area (Å²) in [6.45, 7) is 0.689. The van der Waals surface area contributed by atoms with E-state index in [1.165, 1.54) is 22.9 Å². The summed E-state index contributed by atoms with van der Waals surface area (Å²) in [5, 5.41) is 8.05. The fraction of sp³-hybridized carbons (Fsp3) is 0.250. The number of halogens is 5. The number of hydrogen-bond acceptors (Lipinski definition) is 2. The van der Waals surface area contributed by atoms with Crippen LogP contribution in [0.2, 0.25) is 5.02 Å². The van der Waals surface area contributed by atoms with Crippen molar-refractivity contribution in [2.24, 2.45) is 0 Å². The van der Waals surface area contributed by atoms with Crippen LogP contribution in [0, 0.1) is 5.82 Å². The van der Waals surface area contributed by atoms with E-state index < -0.39 is 17.6 Å². The van der Waals surface area contributed by atoms with Crippen LogP contribution in [0.25, 0.3) is 16.9 Å². The van der Waals surface area contributed by atoms with Crippen molar-refractivity contribution in [3.63, 3.8) is 0 Å². The van der Waals surface area contributed by atoms with E-state index in [1.54, 1.807) is 12.1 Å². The third-order valence-corrected chi connectivity index (χ3v) is 5.05. The summed E-state index contributed by atoms with van der Waals surface area (Å²) >= 11 is 6.23. The molecular formula is C20H16ClF4N3. The first-order chi connectivity index (χ1) is 13.3. The minimum atomic E-state index is -4.45. The predicted molar refractivity (Wildman–Crippen MR) is 100 cm³/mol. The lowest BCUT2D eigenvalue weighted by Gasteiger charge is -2.12. The van der Waals surface area contributed by atoms with Gasteiger partial charge in [-0.1, -0.05) is 17.7 Å². The van der Waals surface area contributed by atoms with Gasteiger partial charge in [-0.05, 0) is 55.7 Å². The van der Waals surface area contributed by atoms with Gasteiger partial charge in [0.25, 0.3) is 0 Å². The molecule has 0 atom stereocenters. The lowest BCUT2D eigenvalue weighted by Crippen LogP contribution is -2.09. The zero-order chi connectivity index (χ0) is 19.9. The van der Waals surface area contributed by atoms with Crippen LogP contribution in [0.5, 0.6) is 0 Å². The maximum absolute atomic E-state index is 13.5. The highest BCUT2D eigenvalue weighted by atomic mass is 35.5. The Hall–Kier alpha value is -2.54. The standard InChI is InChI=1S/C20H16ClF4N3/c21-17-11-13(22)7-8-15(17)18-16-6-1-2-9-26-19(16)28(27-18)14-5-3-4-12(10-14)20(23,24)25/h3-5,7-8,10-11,26H,1-2,6,9H2. The lowest BCUT2D eigenvalue weighted by molar-refractivity contribution is -0.137. The second kappa shape index (κ2) is 7.13. The van der Waals surface area contributed by atoms with E-state index in [2.05, 4.69) is 10.4 Å². The summed E-state index contributed by atoms with van der Waals surface area (Å²) in [7, 11) is 0. The molecule has 3 aromatic rings. The number of alkyl halides is 3. The SMILES string of the molecule is Fc1ccc(-c2nn(-c3cccc(C(F)(F)F)c3)c3c2CCCCN3)c(Cl)c1. The van der Waals surface area contributed by atoms with Crippen molar-refractivity contribution < 1.29 is 17.6 Å². The van der Waals surface area contributed by atoms with Gasteiger partial charge in [-0.25, -0.2) is 9.07 Å². The van der Waals surface area contributed by atoms with E-state index in [4.69, 9.17) is 11.6 Å². The molecule has 0 bridgehead atoms. The number of hydrogen-bond donors (Lipinski definition) is 1. The van der Waals surface area contributed by atoms with Crippen molar-refractivity contribution in [3.05, 3.63) is 64.4 Å². The number of nitrogens with zero attached hydrogens (tertiary/aromatic N) is 2. The number of fused-ring (bicyclic) bond motifs is 1. The third kappa shape index (κ3) is 3.46. The summed E-state index contributed by atoms with van der Waals surface area (Å²) in [5.74, 6) is 0.183. The third-order valence-electron chi connectivity index (χ3n) is 4.73. The number of nitrogens with one attached hydrogen (secondary N) is 1. The van der Waals surface area contributed by atoms with Crippen LogP contribution in [-0.2, 0) is 12.6 Å². The Kier molecular flexibility index (Phi) is 4.79. The van der Waals surface area contributed by atoms with E-state index >= 15 is 0 Å². The molecule has 0 fully saturated rings. The maximum atomic E-state index is 13.5. The molecule has 1 aliphatic rings. The molecule has 0 radical (unpaired) electrons. The maximum Gasteiger partial charge on any atom is 0.416 e. The van der Waals surface area contributed by atoms with Crippen LogP contribution in [0.1, 0.15) is 24.0 Å². The first-order valence-electron chi connectivity index (χ1n) is 8.83. The van der Waals surface area contributed by atoms with Crippen molar-refractivity contribution >= 4 is 17.4 Å². The monoisotopic (exact) mass is 409 g/mol. The molecule has 8 heteroatoms. The molecule has 0 aliphatic carbocycles. The first-order valence-corrected chi connectivity index (χ1v) is 9.21. The molecule has 1 aliphatic heterocycles. The fourth-order valence-electron chi connectivity index (χ4n) is 3.40. The number of rotatable bonds is 2. The van der Waals surface area contributed by atoms with Gasteiger partial charge in [0, 0.05) is 17.7 Å². The Morgan fingerprint density at radius 3 is 2.64 bits per heavy atom. The van der Waals surface area contributed by atoms with E-state index in [9.17, 15) is 17.6 Å². The minimum Gasteiger partial charge on any atom is -0.370 e. The summed E-state index contributed by atoms with van der Waals surface area (Å²) in [5.41, 5.74) is 1.51. The molecule has 3 nitrogen and oxygen atoms in total. The van der Waals surface area contributed by atoms with Gasteiger partial charge in [0.1, 0.15) is 11.6 Å². The molecule has 0 amide bonds. The number of anilines is 1. The lowest BCUT2D eigenvalue weighted by atomic mass is 10.0. The predicted octanol–water partition coefficient (Wildman–Crippen LogP) is 6.10. The molecular weight excluding hydrogens is 394 g/mol. The Labute approximate surface area is 163 Å². The number of aromatic nitrogens is 2. The Balaban J connectivity index is 1.91. The molecule has 2 heterocycles. The minimum absolute atomic E-state index is 0.209. The van der Waals surface area contributed by atoms with Crippen molar-refractivity contribution in [1.29, 1.82) is 0 Å². The molecule has 0 unspecified atom stereocenters. The van der Waals surface area contributed by atoms with Gasteiger partial charge in [0.15, 0.2) is 0 Å². The van der Waals surface area contributed by atoms with Crippen LogP contribution in [0.15, 0.2) is 42.5 Å². The van der Waals surface area contributed by atoms with E-state index in [-0.39, 0.29) is 5.02 Å². The molecule has 1 N–H and O–H groups in total. The van der Waals surface area contributed by atoms with Gasteiger partial charge in [0.05, 0.1) is 22.0 Å². The summed E-state index contributed by atoms with van der Waals surface area (Å²) < 4.78 is 54.4. The quantitative estimate of drug-likeness (QED) is 0.518. The second-order valence-electron chi connectivity index (χ2n) is 6.64. The zero-order valence-electron chi connectivity index (χ0n) is 14.7. The Bertz CT molecular complexity index is 1030. The van der Waals surface area contributed by atoms with Crippen LogP contribution >= 0.6 is 11.6 Å². The van der Waals surface area contributed by atoms with Gasteiger partial charge in [-0.3, -0.25) is 0 Å². The van der Waals surface area contributed by atoms with Gasteiger partial charge >= 0.3 is 6.18 Å². The Morgan fingerprint density at radius 1 is 1.07 bits per heavy atom. The van der Waals surface area contributed by atoms with E-state index in [0.717, 1.165) is 30.5 Å². The van der Waals surface area contributed by atoms with Crippen molar-refractivity contribution in [3.8, 4) is 16.9 Å². The van der Waals surface area contributed by atoms with E-state index in [1.807, 2.05) is 0 Å². The molecule has 0 spiro atoms. The largest absolute Gasteiger partial charge is 0.416 e. The average Bonchev–Trinajstić information content (AvgIpc) is 2.83. The summed E-state index contributed by atoms with van der Waals surface area (Å²) in [6.07, 6.45) is -1.92. The molecule has 146 valence electrons. The topological polar surface area (TPSA) is 29.9 Å². The summed E-state index contributed by atoms with van der Waals surface area (Å²) in [6, 6.07) is 9.06. The van der Waals surface area contributed by atoms with Gasteiger partial charge in [0.2, 0.25) is 0 Å². The van der Waals surface area contributed by atoms with Crippen LogP contribution in [0.4, 0.5) is 23.4 Å². The highest BCUT2D eigenvalue weighted by Gasteiger charge is 2.31. The molecule has 0 saturated heterocycles. The van der Waals surface area contributed by atoms with Crippen LogP contribution in [0.3, 0.4) is 0 Å². The summed E-state index contributed by atoms with van der Waals surface area (Å²) in [4.78, 5) is 0. The van der Waals surface area contributed by atoms with Gasteiger partial charge in [-0.2, -0.15) is 18.3 Å². The molecule has 28 heavy (non-hydrogen) atoms. The van der Waals surface area contributed by atoms with Crippen LogP contribution in [-0.4, -0.2) is 16.3 Å². The highest BCUT2D eigenvalue weighted by Crippen LogP contribution is 2.38. The normalized spacial score (nSPS) is 14.3. The van der Waals surface area contributed by atoms with Crippen molar-refractivity contribution in [1.82, 2.24) is 9.78 Å². The highest BCUT2D eigenvalue weighted by molar-refractivity contribution is 6.33. The first kappa shape index (κ1) is 18.8. The smallest absolute Gasteiger partial charge is 0.370 e. The van der Waals surface area contributed by atoms with Gasteiger partial charge < -0.3 is 5.32 Å².